The van der Waals surface area contributed by atoms with Crippen LogP contribution in [0.4, 0.5) is 10.1 Å². The second kappa shape index (κ2) is 8.55. The molecule has 0 amide bonds. The highest BCUT2D eigenvalue weighted by Gasteiger charge is 2.42. The van der Waals surface area contributed by atoms with Gasteiger partial charge in [-0.25, -0.2) is 4.39 Å². The Morgan fingerprint density at radius 1 is 1.00 bits per heavy atom. The Hall–Kier alpha value is -3.51. The van der Waals surface area contributed by atoms with Crippen molar-refractivity contribution < 1.29 is 8.81 Å². The number of furan rings is 1. The highest BCUT2D eigenvalue weighted by atomic mass is 32.1. The van der Waals surface area contributed by atoms with Crippen LogP contribution in [0.1, 0.15) is 36.0 Å². The largest absolute Gasteiger partial charge is 0.459 e. The fourth-order valence-electron chi connectivity index (χ4n) is 4.10. The molecule has 5 rings (SSSR count). The number of nitrogens with one attached hydrogen (secondary N) is 1. The Morgan fingerprint density at radius 2 is 1.78 bits per heavy atom. The molecule has 0 aliphatic carbocycles. The van der Waals surface area contributed by atoms with Crippen molar-refractivity contribution in [2.75, 3.05) is 4.90 Å². The van der Waals surface area contributed by atoms with Gasteiger partial charge in [0, 0.05) is 17.4 Å². The number of rotatable bonds is 5. The van der Waals surface area contributed by atoms with Crippen molar-refractivity contribution in [1.82, 2.24) is 10.3 Å². The van der Waals surface area contributed by atoms with Gasteiger partial charge >= 0.3 is 0 Å². The SMILES string of the molecule is CCc1ccc(N2C(=S)N[C@H](c3ccccn3)[C@H]2c2ccc(-c3ccc(F)cc3)o2)cc1. The van der Waals surface area contributed by atoms with E-state index in [2.05, 4.69) is 46.4 Å². The molecule has 0 unspecified atom stereocenters. The Labute approximate surface area is 191 Å². The predicted octanol–water partition coefficient (Wildman–Crippen LogP) is 6.22. The number of nitrogens with zero attached hydrogens (tertiary/aromatic N) is 2. The summed E-state index contributed by atoms with van der Waals surface area (Å²) in [5.74, 6) is 1.16. The van der Waals surface area contributed by atoms with E-state index in [4.69, 9.17) is 16.6 Å². The molecular weight excluding hydrogens is 421 g/mol. The normalized spacial score (nSPS) is 18.1. The van der Waals surface area contributed by atoms with Crippen LogP contribution in [0.25, 0.3) is 11.3 Å². The second-order valence-electron chi connectivity index (χ2n) is 7.73. The number of anilines is 1. The Kier molecular flexibility index (Phi) is 5.45. The minimum absolute atomic E-state index is 0.179. The van der Waals surface area contributed by atoms with Gasteiger partial charge in [-0.2, -0.15) is 0 Å². The first-order valence-corrected chi connectivity index (χ1v) is 11.0. The predicted molar refractivity (Wildman–Crippen MR) is 128 cm³/mol. The minimum atomic E-state index is -0.275. The minimum Gasteiger partial charge on any atom is -0.459 e. The molecule has 1 saturated heterocycles. The molecule has 4 nitrogen and oxygen atoms in total. The number of aryl methyl sites for hydroxylation is 1. The first-order valence-electron chi connectivity index (χ1n) is 10.6. The van der Waals surface area contributed by atoms with Crippen LogP contribution in [0.2, 0.25) is 0 Å². The van der Waals surface area contributed by atoms with E-state index in [0.717, 1.165) is 29.1 Å². The average Bonchev–Trinajstić information content (AvgIpc) is 3.45. The van der Waals surface area contributed by atoms with Gasteiger partial charge in [-0.3, -0.25) is 4.98 Å². The van der Waals surface area contributed by atoms with E-state index in [1.807, 2.05) is 30.3 Å². The summed E-state index contributed by atoms with van der Waals surface area (Å²) in [6, 6.07) is 24.0. The lowest BCUT2D eigenvalue weighted by Gasteiger charge is -2.26. The van der Waals surface area contributed by atoms with Crippen molar-refractivity contribution in [3.63, 3.8) is 0 Å². The number of hydrogen-bond acceptors (Lipinski definition) is 3. The molecule has 1 fully saturated rings. The molecule has 6 heteroatoms. The lowest BCUT2D eigenvalue weighted by atomic mass is 10.0. The number of thiocarbonyl (C=S) groups is 1. The molecule has 32 heavy (non-hydrogen) atoms. The zero-order valence-electron chi connectivity index (χ0n) is 17.5. The summed E-state index contributed by atoms with van der Waals surface area (Å²) in [6.07, 6.45) is 2.75. The van der Waals surface area contributed by atoms with Crippen LogP contribution in [0.3, 0.4) is 0 Å². The van der Waals surface area contributed by atoms with Gasteiger partial charge in [-0.1, -0.05) is 25.1 Å². The molecule has 4 aromatic rings. The smallest absolute Gasteiger partial charge is 0.174 e. The maximum atomic E-state index is 13.4. The molecule has 1 N–H and O–H groups in total. The van der Waals surface area contributed by atoms with E-state index in [1.54, 1.807) is 18.3 Å². The van der Waals surface area contributed by atoms with Crippen molar-refractivity contribution in [3.05, 3.63) is 108 Å². The van der Waals surface area contributed by atoms with Gasteiger partial charge in [-0.15, -0.1) is 0 Å². The molecule has 3 heterocycles. The molecular formula is C26H22FN3OS. The van der Waals surface area contributed by atoms with Gasteiger partial charge in [0.05, 0.1) is 11.7 Å². The number of pyridine rings is 1. The molecule has 0 radical (unpaired) electrons. The van der Waals surface area contributed by atoms with Crippen LogP contribution in [0.5, 0.6) is 0 Å². The van der Waals surface area contributed by atoms with Gasteiger partial charge < -0.3 is 14.6 Å². The van der Waals surface area contributed by atoms with Crippen LogP contribution in [0.15, 0.2) is 89.5 Å². The fourth-order valence-corrected chi connectivity index (χ4v) is 4.44. The fraction of sp³-hybridized carbons (Fsp3) is 0.154. The van der Waals surface area contributed by atoms with Crippen LogP contribution < -0.4 is 10.2 Å². The molecule has 2 aromatic heterocycles. The summed E-state index contributed by atoms with van der Waals surface area (Å²) in [7, 11) is 0. The molecule has 2 atom stereocenters. The highest BCUT2D eigenvalue weighted by molar-refractivity contribution is 7.80. The zero-order valence-corrected chi connectivity index (χ0v) is 18.4. The quantitative estimate of drug-likeness (QED) is 0.371. The number of benzene rings is 2. The summed E-state index contributed by atoms with van der Waals surface area (Å²) in [6.45, 7) is 2.14. The van der Waals surface area contributed by atoms with Crippen molar-refractivity contribution in [3.8, 4) is 11.3 Å². The maximum Gasteiger partial charge on any atom is 0.174 e. The summed E-state index contributed by atoms with van der Waals surface area (Å²) >= 11 is 5.76. The van der Waals surface area contributed by atoms with Crippen LogP contribution >= 0.6 is 12.2 Å². The third kappa shape index (κ3) is 3.78. The van der Waals surface area contributed by atoms with Gasteiger partial charge in [-0.05, 0) is 84.9 Å². The summed E-state index contributed by atoms with van der Waals surface area (Å²) < 4.78 is 19.7. The Balaban J connectivity index is 1.57. The van der Waals surface area contributed by atoms with E-state index in [1.165, 1.54) is 17.7 Å². The number of halogens is 1. The molecule has 0 bridgehead atoms. The van der Waals surface area contributed by atoms with Crippen molar-refractivity contribution >= 4 is 23.0 Å². The van der Waals surface area contributed by atoms with E-state index in [9.17, 15) is 4.39 Å². The van der Waals surface area contributed by atoms with Crippen molar-refractivity contribution in [1.29, 1.82) is 0 Å². The first-order chi connectivity index (χ1) is 15.6. The number of aromatic nitrogens is 1. The lowest BCUT2D eigenvalue weighted by Crippen LogP contribution is -2.29. The molecule has 2 aromatic carbocycles. The van der Waals surface area contributed by atoms with E-state index in [0.29, 0.717) is 10.9 Å². The third-order valence-corrected chi connectivity index (χ3v) is 6.08. The van der Waals surface area contributed by atoms with E-state index < -0.39 is 0 Å². The third-order valence-electron chi connectivity index (χ3n) is 5.77. The van der Waals surface area contributed by atoms with Gasteiger partial charge in [0.25, 0.3) is 0 Å². The van der Waals surface area contributed by atoms with Gasteiger partial charge in [0.1, 0.15) is 23.4 Å². The number of hydrogen-bond donors (Lipinski definition) is 1. The first kappa shape index (κ1) is 20.4. The van der Waals surface area contributed by atoms with Crippen molar-refractivity contribution in [2.45, 2.75) is 25.4 Å². The average molecular weight is 444 g/mol. The summed E-state index contributed by atoms with van der Waals surface area (Å²) in [5, 5.41) is 4.06. The van der Waals surface area contributed by atoms with E-state index >= 15 is 0 Å². The zero-order chi connectivity index (χ0) is 22.1. The summed E-state index contributed by atoms with van der Waals surface area (Å²) in [4.78, 5) is 6.65. The molecule has 160 valence electrons. The monoisotopic (exact) mass is 443 g/mol. The topological polar surface area (TPSA) is 41.3 Å². The van der Waals surface area contributed by atoms with Gasteiger partial charge in [0.2, 0.25) is 0 Å². The lowest BCUT2D eigenvalue weighted by molar-refractivity contribution is 0.439. The molecule has 0 saturated carbocycles. The van der Waals surface area contributed by atoms with Gasteiger partial charge in [0.15, 0.2) is 5.11 Å². The van der Waals surface area contributed by atoms with E-state index in [-0.39, 0.29) is 17.9 Å². The van der Waals surface area contributed by atoms with Crippen LogP contribution in [-0.4, -0.2) is 10.1 Å². The standard InChI is InChI=1S/C26H22FN3OS/c1-2-17-6-12-20(13-7-17)30-25(24(29-26(30)32)21-5-3-4-16-28-21)23-15-14-22(31-23)18-8-10-19(27)11-9-18/h3-16,24-25H,2H2,1H3,(H,29,32)/t24-,25-/m1/s1. The molecule has 0 spiro atoms. The maximum absolute atomic E-state index is 13.4. The molecule has 1 aliphatic rings. The Morgan fingerprint density at radius 3 is 2.47 bits per heavy atom. The van der Waals surface area contributed by atoms with Crippen molar-refractivity contribution in [2.24, 2.45) is 0 Å². The van der Waals surface area contributed by atoms with Crippen LogP contribution in [0, 0.1) is 5.82 Å². The second-order valence-corrected chi connectivity index (χ2v) is 8.11. The highest BCUT2D eigenvalue weighted by Crippen LogP contribution is 2.42. The molecule has 1 aliphatic heterocycles. The summed E-state index contributed by atoms with van der Waals surface area (Å²) in [5.41, 5.74) is 3.95. The Bertz CT molecular complexity index is 1220. The van der Waals surface area contributed by atoms with Crippen LogP contribution in [-0.2, 0) is 6.42 Å².